The summed E-state index contributed by atoms with van der Waals surface area (Å²) >= 11 is 0. The first kappa shape index (κ1) is 16.7. The molecule has 0 aliphatic carbocycles. The SMILES string of the molecule is CCCNC(=O)C(C)NC(=O)c1ncccc1C#CCN. The Bertz CT molecular complexity index is 560. The van der Waals surface area contributed by atoms with Crippen molar-refractivity contribution in [1.82, 2.24) is 15.6 Å². The largest absolute Gasteiger partial charge is 0.354 e. The summed E-state index contributed by atoms with van der Waals surface area (Å²) in [5, 5.41) is 5.33. The van der Waals surface area contributed by atoms with Crippen molar-refractivity contribution in [3.63, 3.8) is 0 Å². The Morgan fingerprint density at radius 3 is 2.90 bits per heavy atom. The van der Waals surface area contributed by atoms with Gasteiger partial charge in [-0.1, -0.05) is 18.8 Å². The standard InChI is InChI=1S/C15H20N4O2/c1-3-9-18-14(20)11(2)19-15(21)13-12(6-4-8-16)7-5-10-17-13/h5,7,10-11H,3,8-9,16H2,1-2H3,(H,18,20)(H,19,21). The number of rotatable bonds is 5. The molecule has 0 aromatic carbocycles. The highest BCUT2D eigenvalue weighted by molar-refractivity contribution is 5.97. The van der Waals surface area contributed by atoms with E-state index >= 15 is 0 Å². The Morgan fingerprint density at radius 2 is 2.24 bits per heavy atom. The Balaban J connectivity index is 2.78. The topological polar surface area (TPSA) is 97.1 Å². The van der Waals surface area contributed by atoms with Crippen LogP contribution in [0.1, 0.15) is 36.3 Å². The van der Waals surface area contributed by atoms with Crippen molar-refractivity contribution in [2.24, 2.45) is 5.73 Å². The van der Waals surface area contributed by atoms with E-state index in [0.717, 1.165) is 6.42 Å². The van der Waals surface area contributed by atoms with Gasteiger partial charge in [-0.05, 0) is 25.5 Å². The smallest absolute Gasteiger partial charge is 0.271 e. The van der Waals surface area contributed by atoms with Crippen LogP contribution in [0.5, 0.6) is 0 Å². The summed E-state index contributed by atoms with van der Waals surface area (Å²) < 4.78 is 0. The zero-order valence-electron chi connectivity index (χ0n) is 12.3. The molecule has 0 radical (unpaired) electrons. The van der Waals surface area contributed by atoms with E-state index in [2.05, 4.69) is 27.5 Å². The van der Waals surface area contributed by atoms with Crippen LogP contribution in [0, 0.1) is 11.8 Å². The highest BCUT2D eigenvalue weighted by Gasteiger charge is 2.18. The van der Waals surface area contributed by atoms with Gasteiger partial charge in [0.25, 0.3) is 5.91 Å². The third-order valence-electron chi connectivity index (χ3n) is 2.64. The molecule has 21 heavy (non-hydrogen) atoms. The van der Waals surface area contributed by atoms with Crippen LogP contribution in [-0.2, 0) is 4.79 Å². The summed E-state index contributed by atoms with van der Waals surface area (Å²) in [7, 11) is 0. The molecule has 0 fully saturated rings. The molecule has 0 saturated carbocycles. The first-order valence-electron chi connectivity index (χ1n) is 6.82. The number of aromatic nitrogens is 1. The molecule has 1 unspecified atom stereocenters. The van der Waals surface area contributed by atoms with Crippen molar-refractivity contribution in [1.29, 1.82) is 0 Å². The highest BCUT2D eigenvalue weighted by atomic mass is 16.2. The number of hydrogen-bond acceptors (Lipinski definition) is 4. The molecular weight excluding hydrogens is 268 g/mol. The molecule has 0 saturated heterocycles. The first-order valence-corrected chi connectivity index (χ1v) is 6.82. The number of carbonyl (C=O) groups is 2. The van der Waals surface area contributed by atoms with E-state index in [1.165, 1.54) is 6.20 Å². The molecule has 6 heteroatoms. The minimum Gasteiger partial charge on any atom is -0.354 e. The quantitative estimate of drug-likeness (QED) is 0.666. The van der Waals surface area contributed by atoms with E-state index in [0.29, 0.717) is 12.1 Å². The number of pyridine rings is 1. The van der Waals surface area contributed by atoms with Crippen LogP contribution in [0.4, 0.5) is 0 Å². The summed E-state index contributed by atoms with van der Waals surface area (Å²) in [5.74, 6) is 4.81. The summed E-state index contributed by atoms with van der Waals surface area (Å²) in [6.45, 7) is 4.36. The summed E-state index contributed by atoms with van der Waals surface area (Å²) in [6.07, 6.45) is 2.34. The summed E-state index contributed by atoms with van der Waals surface area (Å²) in [6, 6.07) is 2.74. The summed E-state index contributed by atoms with van der Waals surface area (Å²) in [5.41, 5.74) is 6.00. The number of hydrogen-bond donors (Lipinski definition) is 3. The third-order valence-corrected chi connectivity index (χ3v) is 2.64. The van der Waals surface area contributed by atoms with Gasteiger partial charge in [0.1, 0.15) is 11.7 Å². The van der Waals surface area contributed by atoms with Crippen molar-refractivity contribution in [2.75, 3.05) is 13.1 Å². The van der Waals surface area contributed by atoms with E-state index < -0.39 is 11.9 Å². The highest BCUT2D eigenvalue weighted by Crippen LogP contribution is 2.04. The van der Waals surface area contributed by atoms with Gasteiger partial charge in [0.05, 0.1) is 12.1 Å². The average Bonchev–Trinajstić information content (AvgIpc) is 2.50. The van der Waals surface area contributed by atoms with Crippen molar-refractivity contribution < 1.29 is 9.59 Å². The zero-order chi connectivity index (χ0) is 15.7. The molecule has 1 atom stereocenters. The maximum atomic E-state index is 12.2. The van der Waals surface area contributed by atoms with Gasteiger partial charge in [-0.25, -0.2) is 4.98 Å². The van der Waals surface area contributed by atoms with Crippen LogP contribution in [0.15, 0.2) is 18.3 Å². The van der Waals surface area contributed by atoms with Crippen molar-refractivity contribution in [3.05, 3.63) is 29.6 Å². The Kier molecular flexibility index (Phi) is 6.92. The van der Waals surface area contributed by atoms with Gasteiger partial charge in [-0.15, -0.1) is 0 Å². The molecule has 0 spiro atoms. The minimum atomic E-state index is -0.638. The molecule has 1 heterocycles. The molecule has 4 N–H and O–H groups in total. The zero-order valence-corrected chi connectivity index (χ0v) is 12.3. The number of nitrogens with one attached hydrogen (secondary N) is 2. The maximum Gasteiger partial charge on any atom is 0.271 e. The monoisotopic (exact) mass is 288 g/mol. The molecule has 0 bridgehead atoms. The molecule has 1 aromatic heterocycles. The van der Waals surface area contributed by atoms with E-state index in [1.54, 1.807) is 19.1 Å². The predicted octanol–water partition coefficient (Wildman–Crippen LogP) is 0.0363. The van der Waals surface area contributed by atoms with Crippen molar-refractivity contribution >= 4 is 11.8 Å². The van der Waals surface area contributed by atoms with Gasteiger partial charge in [0, 0.05) is 12.7 Å². The van der Waals surface area contributed by atoms with E-state index in [9.17, 15) is 9.59 Å². The van der Waals surface area contributed by atoms with Gasteiger partial charge in [0.2, 0.25) is 5.91 Å². The Labute approximate surface area is 124 Å². The van der Waals surface area contributed by atoms with Crippen molar-refractivity contribution in [2.45, 2.75) is 26.3 Å². The average molecular weight is 288 g/mol. The third kappa shape index (κ3) is 5.24. The van der Waals surface area contributed by atoms with Crippen LogP contribution in [-0.4, -0.2) is 35.9 Å². The molecule has 2 amide bonds. The lowest BCUT2D eigenvalue weighted by Crippen LogP contribution is -2.45. The fourth-order valence-corrected chi connectivity index (χ4v) is 1.57. The van der Waals surface area contributed by atoms with Crippen LogP contribution < -0.4 is 16.4 Å². The van der Waals surface area contributed by atoms with Crippen LogP contribution >= 0.6 is 0 Å². The molecule has 1 rings (SSSR count). The second kappa shape index (κ2) is 8.72. The molecule has 0 aliphatic heterocycles. The Morgan fingerprint density at radius 1 is 1.48 bits per heavy atom. The summed E-state index contributed by atoms with van der Waals surface area (Å²) in [4.78, 5) is 27.9. The lowest BCUT2D eigenvalue weighted by molar-refractivity contribution is -0.122. The van der Waals surface area contributed by atoms with Crippen LogP contribution in [0.3, 0.4) is 0 Å². The fourth-order valence-electron chi connectivity index (χ4n) is 1.57. The molecule has 6 nitrogen and oxygen atoms in total. The van der Waals surface area contributed by atoms with Crippen molar-refractivity contribution in [3.8, 4) is 11.8 Å². The second-order valence-corrected chi connectivity index (χ2v) is 4.39. The lowest BCUT2D eigenvalue weighted by atomic mass is 10.1. The van der Waals surface area contributed by atoms with Gasteiger partial charge in [-0.3, -0.25) is 9.59 Å². The number of amides is 2. The minimum absolute atomic E-state index is 0.189. The van der Waals surface area contributed by atoms with Crippen LogP contribution in [0.2, 0.25) is 0 Å². The van der Waals surface area contributed by atoms with Gasteiger partial charge in [-0.2, -0.15) is 0 Å². The molecule has 0 aliphatic rings. The van der Waals surface area contributed by atoms with E-state index in [-0.39, 0.29) is 18.1 Å². The fraction of sp³-hybridized carbons (Fsp3) is 0.400. The maximum absolute atomic E-state index is 12.2. The van der Waals surface area contributed by atoms with Gasteiger partial charge < -0.3 is 16.4 Å². The number of nitrogens with two attached hydrogens (primary N) is 1. The number of carbonyl (C=O) groups excluding carboxylic acids is 2. The first-order chi connectivity index (χ1) is 10.1. The van der Waals surface area contributed by atoms with E-state index in [4.69, 9.17) is 5.73 Å². The normalized spacial score (nSPS) is 11.0. The predicted molar refractivity (Wildman–Crippen MR) is 80.4 cm³/mol. The number of nitrogens with zero attached hydrogens (tertiary/aromatic N) is 1. The molecule has 112 valence electrons. The van der Waals surface area contributed by atoms with Crippen LogP contribution in [0.25, 0.3) is 0 Å². The van der Waals surface area contributed by atoms with Gasteiger partial charge >= 0.3 is 0 Å². The second-order valence-electron chi connectivity index (χ2n) is 4.39. The molecule has 1 aromatic rings. The van der Waals surface area contributed by atoms with E-state index in [1.807, 2.05) is 6.92 Å². The van der Waals surface area contributed by atoms with Gasteiger partial charge in [0.15, 0.2) is 0 Å². The lowest BCUT2D eigenvalue weighted by Gasteiger charge is -2.13. The molecular formula is C15H20N4O2. The Hall–Kier alpha value is -2.39.